The second-order valence-electron chi connectivity index (χ2n) is 1.82. The molecule has 0 amide bonds. The molecule has 0 heterocycles. The minimum atomic E-state index is -1.55. The Kier molecular flexibility index (Phi) is 3.75. The Morgan fingerprint density at radius 1 is 1.50 bits per heavy atom. The molecule has 0 saturated heterocycles. The molecule has 0 bridgehead atoms. The highest BCUT2D eigenvalue weighted by Crippen LogP contribution is 2.08. The van der Waals surface area contributed by atoms with Crippen molar-refractivity contribution in [3.05, 3.63) is 6.92 Å². The van der Waals surface area contributed by atoms with Gasteiger partial charge < -0.3 is 0 Å². The van der Waals surface area contributed by atoms with Crippen molar-refractivity contribution < 1.29 is 8.78 Å². The first-order valence-corrected chi connectivity index (χ1v) is 2.79. The van der Waals surface area contributed by atoms with Gasteiger partial charge in [-0.05, 0) is 13.3 Å². The van der Waals surface area contributed by atoms with Crippen LogP contribution in [0.4, 0.5) is 8.78 Å². The van der Waals surface area contributed by atoms with Gasteiger partial charge in [0.1, 0.15) is 12.3 Å². The van der Waals surface area contributed by atoms with Crippen LogP contribution in [0.3, 0.4) is 0 Å². The summed E-state index contributed by atoms with van der Waals surface area (Å²) in [7, 11) is 0. The molecule has 2 atom stereocenters. The molecular weight excluding hydrogens is 110 g/mol. The molecule has 0 rings (SSSR count). The molecule has 0 aromatic heterocycles. The van der Waals surface area contributed by atoms with E-state index >= 15 is 0 Å². The predicted octanol–water partition coefficient (Wildman–Crippen LogP) is 2.30. The first-order chi connectivity index (χ1) is 3.68. The number of alkyl halides is 2. The summed E-state index contributed by atoms with van der Waals surface area (Å²) in [5.74, 6) is 0. The maximum Gasteiger partial charge on any atom is 0.131 e. The van der Waals surface area contributed by atoms with Crippen molar-refractivity contribution in [3.8, 4) is 0 Å². The second kappa shape index (κ2) is 3.81. The smallest absolute Gasteiger partial charge is 0.131 e. The molecule has 0 aromatic rings. The SMILES string of the molecule is [CH2][C@H](F)[C@@H](F)CCC. The van der Waals surface area contributed by atoms with Gasteiger partial charge in [0.2, 0.25) is 0 Å². The lowest BCUT2D eigenvalue weighted by atomic mass is 10.2. The molecule has 49 valence electrons. The minimum absolute atomic E-state index is 0.282. The van der Waals surface area contributed by atoms with E-state index in [1.807, 2.05) is 6.92 Å². The fourth-order valence-electron chi connectivity index (χ4n) is 0.457. The van der Waals surface area contributed by atoms with E-state index in [0.717, 1.165) is 0 Å². The fraction of sp³-hybridized carbons (Fsp3) is 0.833. The molecule has 0 fully saturated rings. The average Bonchev–Trinajstić information content (AvgIpc) is 1.67. The maximum atomic E-state index is 12.1. The molecule has 0 nitrogen and oxygen atoms in total. The lowest BCUT2D eigenvalue weighted by Crippen LogP contribution is -2.12. The van der Waals surface area contributed by atoms with E-state index in [2.05, 4.69) is 6.92 Å². The molecule has 0 aromatic carbocycles. The van der Waals surface area contributed by atoms with Gasteiger partial charge >= 0.3 is 0 Å². The highest BCUT2D eigenvalue weighted by Gasteiger charge is 2.12. The Bertz CT molecular complexity index is 52.5. The summed E-state index contributed by atoms with van der Waals surface area (Å²) in [6.45, 7) is 4.73. The molecule has 0 unspecified atom stereocenters. The summed E-state index contributed by atoms with van der Waals surface area (Å²) >= 11 is 0. The fourth-order valence-corrected chi connectivity index (χ4v) is 0.457. The molecule has 0 aliphatic heterocycles. The summed E-state index contributed by atoms with van der Waals surface area (Å²) in [5.41, 5.74) is 0. The van der Waals surface area contributed by atoms with Gasteiger partial charge in [0.25, 0.3) is 0 Å². The minimum Gasteiger partial charge on any atom is -0.244 e. The molecular formula is C6H11F2. The van der Waals surface area contributed by atoms with Crippen LogP contribution in [-0.4, -0.2) is 12.3 Å². The first-order valence-electron chi connectivity index (χ1n) is 2.79. The van der Waals surface area contributed by atoms with Gasteiger partial charge in [-0.2, -0.15) is 0 Å². The maximum absolute atomic E-state index is 12.1. The van der Waals surface area contributed by atoms with E-state index in [9.17, 15) is 8.78 Å². The summed E-state index contributed by atoms with van der Waals surface area (Å²) in [6.07, 6.45) is -1.95. The van der Waals surface area contributed by atoms with Crippen LogP contribution in [0.5, 0.6) is 0 Å². The number of halogens is 2. The topological polar surface area (TPSA) is 0 Å². The third kappa shape index (κ3) is 2.94. The third-order valence-electron chi connectivity index (χ3n) is 0.957. The van der Waals surface area contributed by atoms with Crippen LogP contribution in [0.2, 0.25) is 0 Å². The summed E-state index contributed by atoms with van der Waals surface area (Å²) < 4.78 is 23.9. The highest BCUT2D eigenvalue weighted by atomic mass is 19.2. The van der Waals surface area contributed by atoms with Gasteiger partial charge in [-0.25, -0.2) is 8.78 Å². The van der Waals surface area contributed by atoms with E-state index in [0.29, 0.717) is 6.42 Å². The molecule has 8 heavy (non-hydrogen) atoms. The largest absolute Gasteiger partial charge is 0.244 e. The molecule has 1 radical (unpaired) electrons. The Labute approximate surface area is 48.9 Å². The van der Waals surface area contributed by atoms with Gasteiger partial charge in [-0.3, -0.25) is 0 Å². The summed E-state index contributed by atoms with van der Waals surface area (Å²) in [4.78, 5) is 0. The normalized spacial score (nSPS) is 18.0. The standard InChI is InChI=1S/C6H11F2/c1-3-4-6(8)5(2)7/h5-6H,2-4H2,1H3/t5-,6-/m0/s1. The average molecular weight is 121 g/mol. The molecule has 0 spiro atoms. The Balaban J connectivity index is 3.17. The third-order valence-corrected chi connectivity index (χ3v) is 0.957. The first kappa shape index (κ1) is 7.86. The predicted molar refractivity (Wildman–Crippen MR) is 30.1 cm³/mol. The van der Waals surface area contributed by atoms with Crippen molar-refractivity contribution in [1.82, 2.24) is 0 Å². The van der Waals surface area contributed by atoms with Crippen molar-refractivity contribution in [2.24, 2.45) is 0 Å². The van der Waals surface area contributed by atoms with E-state index in [-0.39, 0.29) is 6.42 Å². The molecule has 0 saturated carbocycles. The zero-order valence-corrected chi connectivity index (χ0v) is 5.03. The van der Waals surface area contributed by atoms with Crippen molar-refractivity contribution in [3.63, 3.8) is 0 Å². The van der Waals surface area contributed by atoms with Crippen molar-refractivity contribution >= 4 is 0 Å². The van der Waals surface area contributed by atoms with Crippen LogP contribution in [0, 0.1) is 6.92 Å². The van der Waals surface area contributed by atoms with Gasteiger partial charge in [0, 0.05) is 0 Å². The quantitative estimate of drug-likeness (QED) is 0.537. The molecule has 2 heteroatoms. The van der Waals surface area contributed by atoms with Crippen LogP contribution in [0.25, 0.3) is 0 Å². The Morgan fingerprint density at radius 2 is 2.00 bits per heavy atom. The molecule has 0 N–H and O–H groups in total. The van der Waals surface area contributed by atoms with Crippen LogP contribution in [-0.2, 0) is 0 Å². The lowest BCUT2D eigenvalue weighted by molar-refractivity contribution is 0.191. The van der Waals surface area contributed by atoms with Gasteiger partial charge in [-0.15, -0.1) is 0 Å². The van der Waals surface area contributed by atoms with E-state index in [1.165, 1.54) is 0 Å². The number of rotatable bonds is 3. The molecule has 0 aliphatic carbocycles. The number of hydrogen-bond acceptors (Lipinski definition) is 0. The highest BCUT2D eigenvalue weighted by molar-refractivity contribution is 4.68. The van der Waals surface area contributed by atoms with E-state index < -0.39 is 12.3 Å². The zero-order valence-electron chi connectivity index (χ0n) is 5.03. The summed E-state index contributed by atoms with van der Waals surface area (Å²) in [6, 6.07) is 0. The van der Waals surface area contributed by atoms with Crippen LogP contribution < -0.4 is 0 Å². The van der Waals surface area contributed by atoms with Crippen molar-refractivity contribution in [2.75, 3.05) is 0 Å². The van der Waals surface area contributed by atoms with Crippen molar-refractivity contribution in [1.29, 1.82) is 0 Å². The Morgan fingerprint density at radius 3 is 2.12 bits per heavy atom. The van der Waals surface area contributed by atoms with Crippen LogP contribution in [0.1, 0.15) is 19.8 Å². The lowest BCUT2D eigenvalue weighted by Gasteiger charge is -2.05. The molecule has 0 aliphatic rings. The zero-order chi connectivity index (χ0) is 6.57. The van der Waals surface area contributed by atoms with Crippen LogP contribution >= 0.6 is 0 Å². The Hall–Kier alpha value is -0.140. The van der Waals surface area contributed by atoms with Gasteiger partial charge in [0.05, 0.1) is 0 Å². The van der Waals surface area contributed by atoms with Gasteiger partial charge in [0.15, 0.2) is 0 Å². The van der Waals surface area contributed by atoms with E-state index in [1.54, 1.807) is 0 Å². The second-order valence-corrected chi connectivity index (χ2v) is 1.82. The van der Waals surface area contributed by atoms with Crippen LogP contribution in [0.15, 0.2) is 0 Å². The summed E-state index contributed by atoms with van der Waals surface area (Å²) in [5, 5.41) is 0. The van der Waals surface area contributed by atoms with Crippen molar-refractivity contribution in [2.45, 2.75) is 32.1 Å². The van der Waals surface area contributed by atoms with Gasteiger partial charge in [-0.1, -0.05) is 13.3 Å². The number of hydrogen-bond donors (Lipinski definition) is 0. The monoisotopic (exact) mass is 121 g/mol. The van der Waals surface area contributed by atoms with E-state index in [4.69, 9.17) is 0 Å².